The first kappa shape index (κ1) is 56.6. The summed E-state index contributed by atoms with van der Waals surface area (Å²) in [5, 5.41) is 18.2. The van der Waals surface area contributed by atoms with Gasteiger partial charge in [0.2, 0.25) is 0 Å². The van der Waals surface area contributed by atoms with Crippen LogP contribution in [0.25, 0.3) is 0 Å². The van der Waals surface area contributed by atoms with E-state index in [0.29, 0.717) is 12.8 Å². The summed E-state index contributed by atoms with van der Waals surface area (Å²) < 4.78 is 90.9. The Morgan fingerprint density at radius 2 is 1.16 bits per heavy atom. The smallest absolute Gasteiger partial charge is 0.481 e. The number of ether oxygens (including phenoxy) is 2. The number of quaternary nitrogens is 2. The zero-order valence-electron chi connectivity index (χ0n) is 43.4. The third kappa shape index (κ3) is 14.2. The summed E-state index contributed by atoms with van der Waals surface area (Å²) in [6.45, 7) is 21.3. The van der Waals surface area contributed by atoms with Crippen molar-refractivity contribution >= 4 is 60.6 Å². The Kier molecular flexibility index (Phi) is 17.0. The lowest BCUT2D eigenvalue weighted by atomic mass is 9.81. The van der Waals surface area contributed by atoms with Crippen LogP contribution >= 0.6 is 0 Å². The number of anilines is 2. The summed E-state index contributed by atoms with van der Waals surface area (Å²) in [4.78, 5) is 39.6. The van der Waals surface area contributed by atoms with Crippen molar-refractivity contribution in [3.63, 3.8) is 0 Å². The van der Waals surface area contributed by atoms with Gasteiger partial charge in [-0.25, -0.2) is 9.98 Å². The fraction of sp³-hybridized carbons (Fsp3) is 0.472. The van der Waals surface area contributed by atoms with Crippen LogP contribution in [0.3, 0.4) is 0 Å². The maximum atomic E-state index is 11.1. The van der Waals surface area contributed by atoms with E-state index >= 15 is 0 Å². The minimum Gasteiger partial charge on any atom is -0.481 e. The molecule has 4 N–H and O–H groups in total. The molecule has 4 unspecified atom stereocenters. The minimum atomic E-state index is -6.00. The molecule has 12 nitrogen and oxygen atoms in total. The van der Waals surface area contributed by atoms with Gasteiger partial charge in [0.1, 0.15) is 46.0 Å². The summed E-state index contributed by atoms with van der Waals surface area (Å²) in [7, 11) is -12.0. The lowest BCUT2D eigenvalue weighted by Crippen LogP contribution is -3.23. The van der Waals surface area contributed by atoms with E-state index in [1.807, 2.05) is 0 Å². The van der Waals surface area contributed by atoms with E-state index in [0.717, 1.165) is 91.5 Å². The van der Waals surface area contributed by atoms with Gasteiger partial charge < -0.3 is 73.8 Å². The van der Waals surface area contributed by atoms with E-state index in [1.54, 1.807) is 0 Å². The van der Waals surface area contributed by atoms with Crippen LogP contribution in [0.5, 0.6) is 11.5 Å². The Morgan fingerprint density at radius 3 is 1.63 bits per heavy atom. The molecule has 6 aliphatic heterocycles. The molecule has 0 radical (unpaired) electrons. The summed E-state index contributed by atoms with van der Waals surface area (Å²) in [6.07, 6.45) is 19.8. The number of aliphatic imine (C=N–C) groups is 2. The molecule has 1 fully saturated rings. The number of aliphatic carboxylic acids is 2. The number of carboxylic acids is 2. The number of nitrogens with zero attached hydrogens (tertiary/aromatic N) is 4. The minimum absolute atomic E-state index is 0.0915. The predicted molar refractivity (Wildman–Crippen MR) is 277 cm³/mol. The molecule has 4 atom stereocenters. The van der Waals surface area contributed by atoms with Crippen molar-refractivity contribution in [1.29, 1.82) is 0 Å². The molecule has 2 aliphatic carbocycles. The van der Waals surface area contributed by atoms with Gasteiger partial charge in [0.15, 0.2) is 23.0 Å². The van der Waals surface area contributed by atoms with Gasteiger partial charge in [-0.05, 0) is 133 Å². The second kappa shape index (κ2) is 22.6. The van der Waals surface area contributed by atoms with E-state index < -0.39 is 26.4 Å². The maximum absolute atomic E-state index is 11.1. The summed E-state index contributed by atoms with van der Waals surface area (Å²) in [5.41, 5.74) is 12.2. The highest BCUT2D eigenvalue weighted by Gasteiger charge is 2.45. The van der Waals surface area contributed by atoms with Crippen LogP contribution in [0.1, 0.15) is 99.0 Å². The number of fused-ring (bicyclic) bond motifs is 7. The topological polar surface area (TPSA) is 133 Å². The SMILES string of the molecule is CC1=CC(C)(C)[NH+](CCCC(=O)O)C2C=C3Oc4cc(N5CCCC5)ccc4N=C3C=C12.CCN1CCCc2cc3c(cc21)OC1=CC2C(=CC1=N3)C(C)=CC(C)(C)[NH+]2CCCC(=O)O.F[B-](F)(F)F.F[B-](F)(F)F. The van der Waals surface area contributed by atoms with Crippen LogP contribution in [-0.4, -0.2) is 111 Å². The van der Waals surface area contributed by atoms with Crippen molar-refractivity contribution in [1.82, 2.24) is 0 Å². The average Bonchev–Trinajstić information content (AvgIpc) is 3.85. The molecule has 0 bridgehead atoms. The number of carboxylic acid groups (broad SMARTS) is 2. The summed E-state index contributed by atoms with van der Waals surface area (Å²) in [6, 6.07) is 11.0. The monoisotopic (exact) mass is 1060 g/mol. The van der Waals surface area contributed by atoms with Crippen LogP contribution in [0, 0.1) is 0 Å². The van der Waals surface area contributed by atoms with Crippen molar-refractivity contribution in [2.45, 2.75) is 123 Å². The summed E-state index contributed by atoms with van der Waals surface area (Å²) >= 11 is 0. The molecule has 1 saturated heterocycles. The van der Waals surface area contributed by atoms with Gasteiger partial charge in [-0.2, -0.15) is 0 Å². The normalized spacial score (nSPS) is 23.3. The molecule has 22 heteroatoms. The Bertz CT molecular complexity index is 2770. The quantitative estimate of drug-likeness (QED) is 0.137. The Morgan fingerprint density at radius 1 is 0.693 bits per heavy atom. The molecule has 406 valence electrons. The molecular weight excluding hydrogens is 990 g/mol. The van der Waals surface area contributed by atoms with E-state index in [1.165, 1.54) is 68.3 Å². The number of nitrogens with one attached hydrogen (secondary N) is 2. The molecule has 6 heterocycles. The zero-order valence-corrected chi connectivity index (χ0v) is 43.4. The number of hydrogen-bond acceptors (Lipinski definition) is 8. The van der Waals surface area contributed by atoms with Crippen LogP contribution in [0.2, 0.25) is 0 Å². The van der Waals surface area contributed by atoms with E-state index in [-0.39, 0.29) is 36.0 Å². The van der Waals surface area contributed by atoms with Gasteiger partial charge >= 0.3 is 26.4 Å². The number of carbonyl (C=O) groups is 2. The maximum Gasteiger partial charge on any atom is 0.673 e. The number of rotatable bonds is 10. The lowest BCUT2D eigenvalue weighted by Gasteiger charge is -2.44. The predicted octanol–water partition coefficient (Wildman–Crippen LogP) is 9.64. The number of aryl methyl sites for hydroxylation is 1. The lowest BCUT2D eigenvalue weighted by molar-refractivity contribution is -0.955. The average molecular weight is 1060 g/mol. The van der Waals surface area contributed by atoms with Gasteiger partial charge in [0.05, 0.1) is 25.9 Å². The molecule has 75 heavy (non-hydrogen) atoms. The second-order valence-electron chi connectivity index (χ2n) is 21.0. The third-order valence-corrected chi connectivity index (χ3v) is 14.6. The van der Waals surface area contributed by atoms with Crippen LogP contribution in [0.15, 0.2) is 111 Å². The first-order valence-electron chi connectivity index (χ1n) is 25.6. The molecular formula is C53H66B2F8N6O6. The molecule has 0 spiro atoms. The fourth-order valence-corrected chi connectivity index (χ4v) is 11.5. The van der Waals surface area contributed by atoms with Crippen LogP contribution in [-0.2, 0) is 16.0 Å². The van der Waals surface area contributed by atoms with Crippen molar-refractivity contribution in [3.05, 3.63) is 106 Å². The highest BCUT2D eigenvalue weighted by Crippen LogP contribution is 2.44. The van der Waals surface area contributed by atoms with Gasteiger partial charge in [-0.1, -0.05) is 0 Å². The first-order valence-corrected chi connectivity index (χ1v) is 25.6. The van der Waals surface area contributed by atoms with Crippen molar-refractivity contribution in [2.24, 2.45) is 9.98 Å². The number of benzene rings is 2. The Hall–Kier alpha value is -6.15. The van der Waals surface area contributed by atoms with Gasteiger partial charge in [0.25, 0.3) is 0 Å². The molecule has 8 aliphatic rings. The van der Waals surface area contributed by atoms with E-state index in [4.69, 9.17) is 29.7 Å². The standard InChI is InChI=1S/C27H33N3O3.C26H31N3O3.2BF4/c1-5-29-10-6-8-18-12-20-24(14-22(18)29)33-25-15-23-19(13-21(25)28-20)17(2)16-27(3,4)30(23)11-7-9-26(31)32;1-17-16-26(2,3)29(12-6-7-25(30)31)22-15-24-21(14-19(17)22)27-20-9-8-18(13-23(20)32-24)28-10-4-5-11-28;2*2-1(3,4)5/h12-16,23H,5-11H2,1-4H3,(H,31,32);8-9,13-16,22H,4-7,10-12H2,1-3H3,(H,30,31);;/q;;2*-1/p+2. The zero-order chi connectivity index (χ0) is 54.8. The van der Waals surface area contributed by atoms with Crippen molar-refractivity contribution in [3.8, 4) is 11.5 Å². The van der Waals surface area contributed by atoms with Crippen molar-refractivity contribution < 1.29 is 73.6 Å². The molecule has 0 saturated carbocycles. The highest BCUT2D eigenvalue weighted by molar-refractivity contribution is 6.50. The Balaban J connectivity index is 0.000000186. The van der Waals surface area contributed by atoms with Crippen LogP contribution < -0.4 is 29.1 Å². The number of hydrogen-bond donors (Lipinski definition) is 4. The van der Waals surface area contributed by atoms with Crippen LogP contribution in [0.4, 0.5) is 57.3 Å². The number of allylic oxidation sites excluding steroid dienone is 2. The van der Waals surface area contributed by atoms with E-state index in [2.05, 4.69) is 125 Å². The second-order valence-corrected chi connectivity index (χ2v) is 21.0. The van der Waals surface area contributed by atoms with Crippen molar-refractivity contribution in [2.75, 3.05) is 49.1 Å². The molecule has 2 aromatic rings. The number of halogens is 8. The van der Waals surface area contributed by atoms with E-state index in [9.17, 15) is 44.1 Å². The molecule has 0 amide bonds. The van der Waals surface area contributed by atoms with Gasteiger partial charge in [0, 0.05) is 85.8 Å². The fourth-order valence-electron chi connectivity index (χ4n) is 11.5. The van der Waals surface area contributed by atoms with Gasteiger partial charge in [-0.3, -0.25) is 9.59 Å². The third-order valence-electron chi connectivity index (χ3n) is 14.6. The first-order chi connectivity index (χ1) is 35.1. The molecule has 2 aromatic carbocycles. The Labute approximate surface area is 432 Å². The summed E-state index contributed by atoms with van der Waals surface area (Å²) in [5.74, 6) is 1.80. The highest BCUT2D eigenvalue weighted by atomic mass is 19.5. The largest absolute Gasteiger partial charge is 0.673 e. The molecule has 0 aromatic heterocycles. The molecule has 10 rings (SSSR count). The van der Waals surface area contributed by atoms with Gasteiger partial charge in [-0.15, -0.1) is 0 Å².